The van der Waals surface area contributed by atoms with Gasteiger partial charge in [-0.2, -0.15) is 0 Å². The number of halogens is 1. The van der Waals surface area contributed by atoms with Gasteiger partial charge in [0.05, 0.1) is 10.6 Å². The second kappa shape index (κ2) is 5.79. The standard InChI is InChI=1S/C18H14FNO2S2/c19-14-7-1-2-9-16(14)23-12-11-20-15-8-3-5-13-6-4-10-17(18(13)15)24(20,21)22/h1-10H,11-12H2. The van der Waals surface area contributed by atoms with Crippen LogP contribution >= 0.6 is 11.8 Å². The van der Waals surface area contributed by atoms with Crippen LogP contribution in [-0.2, 0) is 10.0 Å². The van der Waals surface area contributed by atoms with Gasteiger partial charge in [0.2, 0.25) is 0 Å². The van der Waals surface area contributed by atoms with E-state index in [1.807, 2.05) is 24.3 Å². The van der Waals surface area contributed by atoms with Gasteiger partial charge in [-0.05, 0) is 29.7 Å². The molecule has 0 N–H and O–H groups in total. The predicted molar refractivity (Wildman–Crippen MR) is 95.6 cm³/mol. The second-order valence-electron chi connectivity index (χ2n) is 5.49. The summed E-state index contributed by atoms with van der Waals surface area (Å²) in [6.45, 7) is 0.301. The average Bonchev–Trinajstić information content (AvgIpc) is 2.80. The lowest BCUT2D eigenvalue weighted by atomic mass is 10.1. The monoisotopic (exact) mass is 359 g/mol. The molecule has 0 saturated carbocycles. The van der Waals surface area contributed by atoms with Crippen LogP contribution in [0.25, 0.3) is 10.8 Å². The third-order valence-electron chi connectivity index (χ3n) is 4.07. The minimum absolute atomic E-state index is 0.280. The van der Waals surface area contributed by atoms with Crippen LogP contribution in [0.2, 0.25) is 0 Å². The maximum Gasteiger partial charge on any atom is 0.265 e. The molecular weight excluding hydrogens is 345 g/mol. The first-order valence-electron chi connectivity index (χ1n) is 7.51. The zero-order chi connectivity index (χ0) is 16.7. The number of sulfonamides is 1. The van der Waals surface area contributed by atoms with Crippen LogP contribution in [0.15, 0.2) is 70.5 Å². The number of anilines is 1. The molecule has 6 heteroatoms. The zero-order valence-corrected chi connectivity index (χ0v) is 14.3. The molecule has 0 aliphatic carbocycles. The molecule has 0 fully saturated rings. The Balaban J connectivity index is 1.63. The van der Waals surface area contributed by atoms with Crippen molar-refractivity contribution in [1.82, 2.24) is 0 Å². The summed E-state index contributed by atoms with van der Waals surface area (Å²) < 4.78 is 40.8. The van der Waals surface area contributed by atoms with Gasteiger partial charge in [-0.3, -0.25) is 4.31 Å². The molecule has 4 rings (SSSR count). The molecule has 3 aromatic carbocycles. The summed E-state index contributed by atoms with van der Waals surface area (Å²) in [4.78, 5) is 0.885. The minimum atomic E-state index is -3.54. The summed E-state index contributed by atoms with van der Waals surface area (Å²) in [5.74, 6) is 0.196. The smallest absolute Gasteiger partial charge is 0.265 e. The lowest BCUT2D eigenvalue weighted by Crippen LogP contribution is -2.29. The SMILES string of the molecule is O=S1(=O)c2cccc3cccc(c23)N1CCSc1ccccc1F. The van der Waals surface area contributed by atoms with E-state index in [0.717, 1.165) is 10.8 Å². The molecule has 0 bridgehead atoms. The molecule has 0 spiro atoms. The lowest BCUT2D eigenvalue weighted by Gasteiger charge is -2.18. The summed E-state index contributed by atoms with van der Waals surface area (Å²) in [6, 6.07) is 17.4. The largest absolute Gasteiger partial charge is 0.265 e. The first-order chi connectivity index (χ1) is 11.6. The molecule has 3 aromatic rings. The highest BCUT2D eigenvalue weighted by molar-refractivity contribution is 7.99. The second-order valence-corrected chi connectivity index (χ2v) is 8.45. The maximum absolute atomic E-state index is 13.7. The Kier molecular flexibility index (Phi) is 3.73. The van der Waals surface area contributed by atoms with E-state index in [-0.39, 0.29) is 5.82 Å². The number of thioether (sulfide) groups is 1. The fourth-order valence-electron chi connectivity index (χ4n) is 3.00. The Morgan fingerprint density at radius 2 is 1.71 bits per heavy atom. The van der Waals surface area contributed by atoms with E-state index >= 15 is 0 Å². The van der Waals surface area contributed by atoms with E-state index < -0.39 is 10.0 Å². The lowest BCUT2D eigenvalue weighted by molar-refractivity contribution is 0.595. The van der Waals surface area contributed by atoms with Gasteiger partial charge in [0.1, 0.15) is 5.82 Å². The van der Waals surface area contributed by atoms with E-state index in [4.69, 9.17) is 0 Å². The Morgan fingerprint density at radius 1 is 0.958 bits per heavy atom. The molecule has 3 nitrogen and oxygen atoms in total. The van der Waals surface area contributed by atoms with Crippen molar-refractivity contribution in [2.24, 2.45) is 0 Å². The number of hydrogen-bond acceptors (Lipinski definition) is 3. The molecule has 0 atom stereocenters. The topological polar surface area (TPSA) is 37.4 Å². The van der Waals surface area contributed by atoms with Gasteiger partial charge in [-0.15, -0.1) is 11.8 Å². The number of benzene rings is 3. The van der Waals surface area contributed by atoms with Crippen LogP contribution in [0.3, 0.4) is 0 Å². The van der Waals surface area contributed by atoms with Gasteiger partial charge in [-0.25, -0.2) is 12.8 Å². The molecule has 0 unspecified atom stereocenters. The van der Waals surface area contributed by atoms with Gasteiger partial charge in [0.15, 0.2) is 0 Å². The van der Waals surface area contributed by atoms with Gasteiger partial charge in [0.25, 0.3) is 10.0 Å². The number of nitrogens with zero attached hydrogens (tertiary/aromatic N) is 1. The van der Waals surface area contributed by atoms with Crippen LogP contribution in [0.1, 0.15) is 0 Å². The van der Waals surface area contributed by atoms with Crippen molar-refractivity contribution in [3.8, 4) is 0 Å². The van der Waals surface area contributed by atoms with Crippen molar-refractivity contribution >= 4 is 38.2 Å². The fourth-order valence-corrected chi connectivity index (χ4v) is 5.70. The molecular formula is C18H14FNO2S2. The summed E-state index contributed by atoms with van der Waals surface area (Å²) in [6.07, 6.45) is 0. The summed E-state index contributed by atoms with van der Waals surface area (Å²) in [5, 5.41) is 1.69. The number of hydrogen-bond donors (Lipinski definition) is 0. The van der Waals surface area contributed by atoms with E-state index in [1.54, 1.807) is 30.3 Å². The van der Waals surface area contributed by atoms with Crippen molar-refractivity contribution in [3.63, 3.8) is 0 Å². The van der Waals surface area contributed by atoms with E-state index in [9.17, 15) is 12.8 Å². The molecule has 0 aromatic heterocycles. The highest BCUT2D eigenvalue weighted by Gasteiger charge is 2.34. The van der Waals surface area contributed by atoms with Gasteiger partial charge < -0.3 is 0 Å². The molecule has 0 radical (unpaired) electrons. The van der Waals surface area contributed by atoms with Crippen molar-refractivity contribution < 1.29 is 12.8 Å². The van der Waals surface area contributed by atoms with E-state index in [2.05, 4.69) is 0 Å². The Hall–Kier alpha value is -2.05. The maximum atomic E-state index is 13.7. The van der Waals surface area contributed by atoms with Crippen LogP contribution < -0.4 is 4.31 Å². The third kappa shape index (κ3) is 2.37. The number of rotatable bonds is 4. The predicted octanol–water partition coefficient (Wildman–Crippen LogP) is 4.28. The molecule has 1 heterocycles. The van der Waals surface area contributed by atoms with Crippen molar-refractivity contribution in [1.29, 1.82) is 0 Å². The van der Waals surface area contributed by atoms with Crippen LogP contribution in [-0.4, -0.2) is 20.7 Å². The molecule has 0 amide bonds. The molecule has 0 saturated heterocycles. The van der Waals surface area contributed by atoms with Crippen LogP contribution in [0.5, 0.6) is 0 Å². The summed E-state index contributed by atoms with van der Waals surface area (Å²) >= 11 is 1.32. The van der Waals surface area contributed by atoms with E-state index in [0.29, 0.717) is 27.8 Å². The molecule has 1 aliphatic heterocycles. The molecule has 24 heavy (non-hydrogen) atoms. The highest BCUT2D eigenvalue weighted by atomic mass is 32.2. The van der Waals surface area contributed by atoms with Gasteiger partial charge in [-0.1, -0.05) is 36.4 Å². The first-order valence-corrected chi connectivity index (χ1v) is 9.93. The normalized spacial score (nSPS) is 15.1. The highest BCUT2D eigenvalue weighted by Crippen LogP contribution is 2.42. The van der Waals surface area contributed by atoms with Crippen molar-refractivity contribution in [3.05, 3.63) is 66.5 Å². The van der Waals surface area contributed by atoms with Crippen LogP contribution in [0.4, 0.5) is 10.1 Å². The minimum Gasteiger partial charge on any atom is -0.265 e. The third-order valence-corrected chi connectivity index (χ3v) is 6.95. The summed E-state index contributed by atoms with van der Waals surface area (Å²) in [5.41, 5.74) is 0.706. The molecule has 122 valence electrons. The first kappa shape index (κ1) is 15.5. The summed E-state index contributed by atoms with van der Waals surface area (Å²) in [7, 11) is -3.54. The average molecular weight is 359 g/mol. The Morgan fingerprint density at radius 3 is 2.50 bits per heavy atom. The Labute approximate surface area is 144 Å². The van der Waals surface area contributed by atoms with Crippen molar-refractivity contribution in [2.75, 3.05) is 16.6 Å². The zero-order valence-electron chi connectivity index (χ0n) is 12.6. The van der Waals surface area contributed by atoms with Gasteiger partial charge in [0, 0.05) is 22.6 Å². The van der Waals surface area contributed by atoms with Crippen molar-refractivity contribution in [2.45, 2.75) is 9.79 Å². The van der Waals surface area contributed by atoms with Gasteiger partial charge >= 0.3 is 0 Å². The fraction of sp³-hybridized carbons (Fsp3) is 0.111. The van der Waals surface area contributed by atoms with E-state index in [1.165, 1.54) is 22.1 Å². The molecule has 1 aliphatic rings. The van der Waals surface area contributed by atoms with Crippen LogP contribution in [0, 0.1) is 5.82 Å². The quantitative estimate of drug-likeness (QED) is 0.653. The Bertz CT molecular complexity index is 1030.